The first-order chi connectivity index (χ1) is 13.7. The number of aliphatic hydroxyl groups is 2. The Hall–Kier alpha value is -1.56. The van der Waals surface area contributed by atoms with E-state index in [-0.39, 0.29) is 5.92 Å². The molecule has 12 heteroatoms. The summed E-state index contributed by atoms with van der Waals surface area (Å²) in [6.07, 6.45) is -9.13. The Kier molecular flexibility index (Phi) is 12.7. The third kappa shape index (κ3) is 11.6. The second kappa shape index (κ2) is 12.5. The number of alkyl halides is 6. The van der Waals surface area contributed by atoms with Crippen LogP contribution in [0.3, 0.4) is 0 Å². The summed E-state index contributed by atoms with van der Waals surface area (Å²) in [5, 5.41) is 18.0. The molecule has 0 aromatic carbocycles. The molecule has 2 N–H and O–H groups in total. The third-order valence-corrected chi connectivity index (χ3v) is 4.58. The van der Waals surface area contributed by atoms with E-state index in [4.69, 9.17) is 10.2 Å². The zero-order valence-electron chi connectivity index (χ0n) is 18.5. The molecule has 4 atom stereocenters. The van der Waals surface area contributed by atoms with Crippen molar-refractivity contribution in [1.82, 2.24) is 0 Å². The maximum Gasteiger partial charge on any atom is 0.420 e. The quantitative estimate of drug-likeness (QED) is 0.388. The van der Waals surface area contributed by atoms with E-state index in [2.05, 4.69) is 9.47 Å². The van der Waals surface area contributed by atoms with Gasteiger partial charge in [-0.3, -0.25) is 9.59 Å². The van der Waals surface area contributed by atoms with Gasteiger partial charge in [-0.25, -0.2) is 0 Å². The van der Waals surface area contributed by atoms with Crippen molar-refractivity contribution in [3.05, 3.63) is 0 Å². The first-order valence-corrected chi connectivity index (χ1v) is 9.64. The van der Waals surface area contributed by atoms with Gasteiger partial charge in [0.2, 0.25) is 0 Å². The average Bonchev–Trinajstić information content (AvgIpc) is 2.63. The Labute approximate surface area is 177 Å². The highest BCUT2D eigenvalue weighted by molar-refractivity contribution is 5.72. The lowest BCUT2D eigenvalue weighted by atomic mass is 10.0. The molecule has 6 nitrogen and oxygen atoms in total. The highest BCUT2D eigenvalue weighted by Crippen LogP contribution is 2.32. The van der Waals surface area contributed by atoms with Gasteiger partial charge in [0, 0.05) is 6.42 Å². The van der Waals surface area contributed by atoms with Crippen molar-refractivity contribution in [2.45, 2.75) is 84.4 Å². The Morgan fingerprint density at radius 1 is 0.774 bits per heavy atom. The van der Waals surface area contributed by atoms with E-state index in [0.29, 0.717) is 26.7 Å². The highest BCUT2D eigenvalue weighted by Gasteiger charge is 2.51. The van der Waals surface area contributed by atoms with Crippen LogP contribution in [0.5, 0.6) is 0 Å². The maximum atomic E-state index is 12.2. The average molecular weight is 470 g/mol. The normalized spacial score (nSPS) is 17.9. The third-order valence-electron chi connectivity index (χ3n) is 4.58. The highest BCUT2D eigenvalue weighted by atomic mass is 19.4. The summed E-state index contributed by atoms with van der Waals surface area (Å²) in [5.41, 5.74) is -5.81. The summed E-state index contributed by atoms with van der Waals surface area (Å²) in [4.78, 5) is 22.2. The van der Waals surface area contributed by atoms with Gasteiger partial charge in [0.1, 0.15) is 6.61 Å². The smallest absolute Gasteiger partial charge is 0.420 e. The molecule has 0 spiro atoms. The van der Waals surface area contributed by atoms with Crippen LogP contribution in [0.25, 0.3) is 0 Å². The molecule has 4 unspecified atom stereocenters. The monoisotopic (exact) mass is 470 g/mol. The molecule has 0 aliphatic rings. The molecule has 0 aliphatic carbocycles. The van der Waals surface area contributed by atoms with Gasteiger partial charge in [0.25, 0.3) is 0 Å². The van der Waals surface area contributed by atoms with E-state index in [9.17, 15) is 35.9 Å². The van der Waals surface area contributed by atoms with E-state index in [1.54, 1.807) is 27.7 Å². The lowest BCUT2D eigenvalue weighted by Crippen LogP contribution is -2.47. The molecule has 0 radical (unpaired) electrons. The van der Waals surface area contributed by atoms with Crippen LogP contribution in [0.1, 0.15) is 60.8 Å². The van der Waals surface area contributed by atoms with Crippen molar-refractivity contribution in [2.24, 2.45) is 11.8 Å². The zero-order valence-corrected chi connectivity index (χ0v) is 18.5. The number of halogens is 6. The van der Waals surface area contributed by atoms with E-state index in [1.165, 1.54) is 0 Å². The maximum absolute atomic E-state index is 12.2. The molecule has 0 saturated carbocycles. The summed E-state index contributed by atoms with van der Waals surface area (Å²) in [6.45, 7) is 6.39. The largest absolute Gasteiger partial charge is 0.465 e. The van der Waals surface area contributed by atoms with Gasteiger partial charge < -0.3 is 19.7 Å². The molecule has 0 saturated heterocycles. The predicted molar refractivity (Wildman–Crippen MR) is 98.8 cm³/mol. The second-order valence-corrected chi connectivity index (χ2v) is 7.69. The number of hydrogen-bond donors (Lipinski definition) is 2. The van der Waals surface area contributed by atoms with Crippen molar-refractivity contribution in [3.8, 4) is 0 Å². The van der Waals surface area contributed by atoms with Crippen LogP contribution in [-0.4, -0.2) is 58.9 Å². The van der Waals surface area contributed by atoms with Crippen LogP contribution < -0.4 is 0 Å². The van der Waals surface area contributed by atoms with Gasteiger partial charge in [-0.15, -0.1) is 0 Å². The fraction of sp³-hybridized carbons (Fsp3) is 0.895. The van der Waals surface area contributed by atoms with Crippen molar-refractivity contribution >= 4 is 11.9 Å². The van der Waals surface area contributed by atoms with Gasteiger partial charge in [-0.1, -0.05) is 27.7 Å². The molecule has 31 heavy (non-hydrogen) atoms. The summed E-state index contributed by atoms with van der Waals surface area (Å²) in [7, 11) is 0. The first kappa shape index (κ1) is 31.6. The van der Waals surface area contributed by atoms with Gasteiger partial charge in [-0.2, -0.15) is 26.3 Å². The molecule has 0 bridgehead atoms. The van der Waals surface area contributed by atoms with Crippen molar-refractivity contribution < 1.29 is 55.6 Å². The fourth-order valence-electron chi connectivity index (χ4n) is 1.40. The molecule has 0 aromatic heterocycles. The standard InChI is InChI=1S/C10H17F3O3.C9H15F3O3/c1-4-7(2)8(14)16-6-5-9(3,15)10(11,12)13;1-4-6(2)7(13)15-5-8(3,14)9(10,11)12/h7,15H,4-6H2,1-3H3;6,14H,4-5H2,1-3H3. The Morgan fingerprint density at radius 2 is 1.13 bits per heavy atom. The van der Waals surface area contributed by atoms with Gasteiger partial charge in [-0.05, 0) is 26.7 Å². The minimum Gasteiger partial charge on any atom is -0.465 e. The summed E-state index contributed by atoms with van der Waals surface area (Å²) >= 11 is 0. The number of carbonyl (C=O) groups excluding carboxylic acids is 2. The summed E-state index contributed by atoms with van der Waals surface area (Å²) < 4.78 is 82.0. The molecule has 0 aromatic rings. The topological polar surface area (TPSA) is 93.1 Å². The molecule has 0 fully saturated rings. The van der Waals surface area contributed by atoms with Crippen LogP contribution in [0, 0.1) is 11.8 Å². The van der Waals surface area contributed by atoms with Crippen molar-refractivity contribution in [2.75, 3.05) is 13.2 Å². The summed E-state index contributed by atoms with van der Waals surface area (Å²) in [6, 6.07) is 0. The lowest BCUT2D eigenvalue weighted by Gasteiger charge is -2.26. The Balaban J connectivity index is 0. The van der Waals surface area contributed by atoms with Crippen molar-refractivity contribution in [3.63, 3.8) is 0 Å². The molecular weight excluding hydrogens is 438 g/mol. The molecule has 0 amide bonds. The van der Waals surface area contributed by atoms with E-state index < -0.39 is 61.0 Å². The van der Waals surface area contributed by atoms with Crippen LogP contribution in [0.15, 0.2) is 0 Å². The number of ether oxygens (including phenoxy) is 2. The van der Waals surface area contributed by atoms with Crippen molar-refractivity contribution in [1.29, 1.82) is 0 Å². The van der Waals surface area contributed by atoms with Crippen LogP contribution in [0.2, 0.25) is 0 Å². The zero-order chi connectivity index (χ0) is 25.3. The minimum absolute atomic E-state index is 0.337. The lowest BCUT2D eigenvalue weighted by molar-refractivity contribution is -0.265. The van der Waals surface area contributed by atoms with E-state index in [1.807, 2.05) is 0 Å². The molecule has 0 aliphatic heterocycles. The van der Waals surface area contributed by atoms with Crippen LogP contribution in [0.4, 0.5) is 26.3 Å². The number of hydrogen-bond acceptors (Lipinski definition) is 6. The SMILES string of the molecule is CCC(C)C(=O)OCC(C)(O)C(F)(F)F.CCC(C)C(=O)OCCC(C)(O)C(F)(F)F. The number of carbonyl (C=O) groups is 2. The molecule has 0 rings (SSSR count). The molecule has 186 valence electrons. The Bertz CT molecular complexity index is 557. The van der Waals surface area contributed by atoms with E-state index in [0.717, 1.165) is 0 Å². The van der Waals surface area contributed by atoms with Crippen LogP contribution >= 0.6 is 0 Å². The fourth-order valence-corrected chi connectivity index (χ4v) is 1.40. The van der Waals surface area contributed by atoms with Gasteiger partial charge in [0.05, 0.1) is 18.4 Å². The van der Waals surface area contributed by atoms with Crippen LogP contribution in [-0.2, 0) is 19.1 Å². The summed E-state index contributed by atoms with van der Waals surface area (Å²) in [5.74, 6) is -2.08. The molecular formula is C19H32F6O6. The number of rotatable bonds is 9. The first-order valence-electron chi connectivity index (χ1n) is 9.64. The van der Waals surface area contributed by atoms with E-state index >= 15 is 0 Å². The van der Waals surface area contributed by atoms with Gasteiger partial charge >= 0.3 is 24.3 Å². The van der Waals surface area contributed by atoms with Gasteiger partial charge in [0.15, 0.2) is 11.2 Å². The Morgan fingerprint density at radius 3 is 1.45 bits per heavy atom. The predicted octanol–water partition coefficient (Wildman–Crippen LogP) is 4.17. The molecule has 0 heterocycles. The number of esters is 2. The minimum atomic E-state index is -4.80. The second-order valence-electron chi connectivity index (χ2n) is 7.69.